The van der Waals surface area contributed by atoms with Crippen LogP contribution >= 0.6 is 0 Å². The number of nitriles is 1. The lowest BCUT2D eigenvalue weighted by Gasteiger charge is -2.36. The van der Waals surface area contributed by atoms with Gasteiger partial charge in [0.1, 0.15) is 29.9 Å². The Morgan fingerprint density at radius 1 is 0.985 bits per heavy atom. The van der Waals surface area contributed by atoms with Crippen molar-refractivity contribution in [2.24, 2.45) is 5.41 Å². The summed E-state index contributed by atoms with van der Waals surface area (Å²) >= 11 is 0. The number of hydrogen-bond acceptors (Lipinski definition) is 14. The summed E-state index contributed by atoms with van der Waals surface area (Å²) in [5, 5.41) is 28.2. The summed E-state index contributed by atoms with van der Waals surface area (Å²) in [6.45, 7) is 9.16. The third kappa shape index (κ3) is 12.8. The largest absolute Gasteiger partial charge is 0.496 e. The molecule has 0 bridgehead atoms. The fraction of sp³-hybridized carbons (Fsp3) is 0.435. The molecule has 2 aliphatic rings. The number of methoxy groups -OCH3 is 1. The monoisotopic (exact) mass is 894 g/mol. The first-order chi connectivity index (χ1) is 31.2. The number of aliphatic hydroxyl groups excluding tert-OH is 1. The van der Waals surface area contributed by atoms with Crippen molar-refractivity contribution in [3.63, 3.8) is 0 Å². The molecule has 344 valence electrons. The maximum Gasteiger partial charge on any atom is 0.274 e. The van der Waals surface area contributed by atoms with E-state index in [2.05, 4.69) is 41.9 Å². The maximum absolute atomic E-state index is 14.9. The number of aliphatic hydroxyl groups is 1. The first-order valence-corrected chi connectivity index (χ1v) is 21.4. The van der Waals surface area contributed by atoms with E-state index in [9.17, 15) is 33.9 Å². The van der Waals surface area contributed by atoms with E-state index in [4.69, 9.17) is 14.2 Å². The lowest BCUT2D eigenvalue weighted by molar-refractivity contribution is -0.140. The maximum atomic E-state index is 14.9. The van der Waals surface area contributed by atoms with Gasteiger partial charge in [-0.15, -0.1) is 0 Å². The number of β-amino-alcohol motifs (C(OH)–C–C–N with tert-alkyl or cyclic N) is 1. The summed E-state index contributed by atoms with van der Waals surface area (Å²) in [5.41, 5.74) is 2.44. The lowest BCUT2D eigenvalue weighted by Crippen LogP contribution is -2.55. The van der Waals surface area contributed by atoms with E-state index in [0.29, 0.717) is 61.6 Å². The quantitative estimate of drug-likeness (QED) is 0.106. The Morgan fingerprint density at radius 3 is 2.49 bits per heavy atom. The normalized spacial score (nSPS) is 15.8. The third-order valence-corrected chi connectivity index (χ3v) is 11.0. The summed E-state index contributed by atoms with van der Waals surface area (Å²) in [6.07, 6.45) is 4.50. The molecule has 19 heteroatoms. The average Bonchev–Trinajstić information content (AvgIpc) is 3.74. The minimum atomic E-state index is -0.761. The zero-order valence-corrected chi connectivity index (χ0v) is 37.0. The number of anilines is 2. The number of halogens is 1. The van der Waals surface area contributed by atoms with Crippen LogP contribution in [0.2, 0.25) is 0 Å². The SMILES string of the molecule is COc1cccc(F)c1-c1nccc(C(=O)Nc2ccc(-c3cnccc3C#N)cc2N2CCN(CC(=O)NCCOCCOCC(=O)N[C@H](C(=O)N3CC[C@@H](O)C3)C(C)(C)C)CC2)n1. The fourth-order valence-electron chi connectivity index (χ4n) is 7.50. The van der Waals surface area contributed by atoms with Crippen LogP contribution in [-0.4, -0.2) is 152 Å². The summed E-state index contributed by atoms with van der Waals surface area (Å²) in [6, 6.07) is 14.3. The van der Waals surface area contributed by atoms with Gasteiger partial charge >= 0.3 is 0 Å². The van der Waals surface area contributed by atoms with Gasteiger partial charge in [0.15, 0.2) is 5.82 Å². The average molecular weight is 895 g/mol. The van der Waals surface area contributed by atoms with Gasteiger partial charge in [-0.05, 0) is 53.8 Å². The molecule has 65 heavy (non-hydrogen) atoms. The van der Waals surface area contributed by atoms with Crippen LogP contribution in [0.5, 0.6) is 5.75 Å². The van der Waals surface area contributed by atoms with Crippen LogP contribution in [0.15, 0.2) is 67.1 Å². The zero-order valence-electron chi connectivity index (χ0n) is 37.0. The van der Waals surface area contributed by atoms with Gasteiger partial charge in [-0.1, -0.05) is 32.9 Å². The molecule has 0 saturated carbocycles. The van der Waals surface area contributed by atoms with Crippen molar-refractivity contribution in [2.45, 2.75) is 39.3 Å². The van der Waals surface area contributed by atoms with Gasteiger partial charge in [0, 0.05) is 70.0 Å². The second kappa shape index (κ2) is 22.3. The Kier molecular flexibility index (Phi) is 16.5. The number of amides is 4. The van der Waals surface area contributed by atoms with Crippen molar-refractivity contribution in [1.82, 2.24) is 35.4 Å². The summed E-state index contributed by atoms with van der Waals surface area (Å²) in [4.78, 5) is 70.7. The number of carbonyl (C=O) groups excluding carboxylic acids is 4. The molecule has 4 amide bonds. The summed E-state index contributed by atoms with van der Waals surface area (Å²) in [5.74, 6) is -1.76. The van der Waals surface area contributed by atoms with Gasteiger partial charge in [0.05, 0.1) is 68.2 Å². The van der Waals surface area contributed by atoms with Crippen LogP contribution < -0.4 is 25.6 Å². The molecule has 2 atom stereocenters. The number of pyridine rings is 1. The smallest absolute Gasteiger partial charge is 0.274 e. The van der Waals surface area contributed by atoms with Gasteiger partial charge in [-0.2, -0.15) is 5.26 Å². The predicted molar refractivity (Wildman–Crippen MR) is 238 cm³/mol. The van der Waals surface area contributed by atoms with Gasteiger partial charge < -0.3 is 45.1 Å². The third-order valence-electron chi connectivity index (χ3n) is 11.0. The molecule has 4 N–H and O–H groups in total. The van der Waals surface area contributed by atoms with Crippen LogP contribution in [0.1, 0.15) is 43.2 Å². The van der Waals surface area contributed by atoms with E-state index in [1.807, 2.05) is 31.7 Å². The Balaban J connectivity index is 0.976. The van der Waals surface area contributed by atoms with Crippen molar-refractivity contribution in [3.8, 4) is 34.3 Å². The van der Waals surface area contributed by atoms with Crippen LogP contribution in [0.25, 0.3) is 22.5 Å². The van der Waals surface area contributed by atoms with Crippen molar-refractivity contribution < 1.29 is 42.9 Å². The number of piperazine rings is 1. The molecule has 0 unspecified atom stereocenters. The molecule has 2 saturated heterocycles. The Labute approximate surface area is 377 Å². The van der Waals surface area contributed by atoms with Crippen LogP contribution in [0.3, 0.4) is 0 Å². The molecule has 4 aromatic rings. The molecule has 0 spiro atoms. The fourth-order valence-corrected chi connectivity index (χ4v) is 7.50. The number of nitrogens with zero attached hydrogens (tertiary/aromatic N) is 7. The van der Waals surface area contributed by atoms with Crippen LogP contribution in [-0.2, 0) is 23.9 Å². The van der Waals surface area contributed by atoms with E-state index in [-0.39, 0.29) is 80.7 Å². The van der Waals surface area contributed by atoms with E-state index in [1.165, 1.54) is 31.5 Å². The van der Waals surface area contributed by atoms with Crippen molar-refractivity contribution in [1.29, 1.82) is 5.26 Å². The number of rotatable bonds is 18. The van der Waals surface area contributed by atoms with Crippen molar-refractivity contribution in [2.75, 3.05) is 96.1 Å². The Morgan fingerprint density at radius 2 is 1.77 bits per heavy atom. The molecule has 4 heterocycles. The summed E-state index contributed by atoms with van der Waals surface area (Å²) in [7, 11) is 1.41. The summed E-state index contributed by atoms with van der Waals surface area (Å²) < 4.78 is 31.2. The van der Waals surface area contributed by atoms with E-state index in [1.54, 1.807) is 41.6 Å². The van der Waals surface area contributed by atoms with E-state index < -0.39 is 35.2 Å². The van der Waals surface area contributed by atoms with E-state index >= 15 is 0 Å². The molecule has 2 fully saturated rings. The molecule has 0 aliphatic carbocycles. The first-order valence-electron chi connectivity index (χ1n) is 21.4. The second-order valence-electron chi connectivity index (χ2n) is 16.7. The zero-order chi connectivity index (χ0) is 46.5. The first kappa shape index (κ1) is 47.9. The van der Waals surface area contributed by atoms with Crippen molar-refractivity contribution in [3.05, 3.63) is 84.2 Å². The molecule has 2 aromatic carbocycles. The number of benzene rings is 2. The lowest BCUT2D eigenvalue weighted by atomic mass is 9.85. The minimum absolute atomic E-state index is 0.00438. The van der Waals surface area contributed by atoms with Gasteiger partial charge in [0.25, 0.3) is 5.91 Å². The van der Waals surface area contributed by atoms with Gasteiger partial charge in [-0.3, -0.25) is 29.1 Å². The van der Waals surface area contributed by atoms with Crippen LogP contribution in [0.4, 0.5) is 15.8 Å². The Hall–Kier alpha value is -6.59. The second-order valence-corrected chi connectivity index (χ2v) is 16.7. The molecule has 0 radical (unpaired) electrons. The molecule has 6 rings (SSSR count). The molecular weight excluding hydrogens is 840 g/mol. The number of nitrogens with one attached hydrogen (secondary N) is 3. The molecule has 2 aromatic heterocycles. The molecular formula is C46H55FN10O8. The topological polar surface area (TPSA) is 224 Å². The number of likely N-dealkylation sites (tertiary alicyclic amines) is 1. The van der Waals surface area contributed by atoms with Crippen LogP contribution in [0, 0.1) is 22.6 Å². The molecule has 2 aliphatic heterocycles. The Bertz CT molecular complexity index is 2360. The van der Waals surface area contributed by atoms with Crippen molar-refractivity contribution >= 4 is 35.0 Å². The highest BCUT2D eigenvalue weighted by atomic mass is 19.1. The number of hydrogen-bond donors (Lipinski definition) is 4. The highest BCUT2D eigenvalue weighted by Gasteiger charge is 2.38. The number of carbonyl (C=O) groups is 4. The van der Waals surface area contributed by atoms with Gasteiger partial charge in [0.2, 0.25) is 17.7 Å². The highest BCUT2D eigenvalue weighted by molar-refractivity contribution is 6.05. The number of ether oxygens (including phenoxy) is 3. The van der Waals surface area contributed by atoms with E-state index in [0.717, 1.165) is 5.56 Å². The highest BCUT2D eigenvalue weighted by Crippen LogP contribution is 2.35. The van der Waals surface area contributed by atoms with Gasteiger partial charge in [-0.25, -0.2) is 14.4 Å². The molecule has 18 nitrogen and oxygen atoms in total. The number of aromatic nitrogens is 3. The predicted octanol–water partition coefficient (Wildman–Crippen LogP) is 2.87. The standard InChI is InChI=1S/C46H55FN10O8/c1-46(2,3)42(45(62)57-16-12-32(58)27-57)54-40(60)29-65-23-22-64-21-15-50-39(59)28-55-17-19-56(20-18-55)37-24-30(33-26-49-13-10-31(33)25-48)8-9-35(37)53-44(61)36-11-14-51-43(52-36)41-34(47)6-5-7-38(41)63-4/h5-11,13-14,24,26,32,42,58H,12,15-23,27-29H2,1-4H3,(H,50,59)(H,53,61)(H,54,60)/t32-,42-/m1/s1. The minimum Gasteiger partial charge on any atom is -0.496 e.